The van der Waals surface area contributed by atoms with E-state index in [1.54, 1.807) is 0 Å². The summed E-state index contributed by atoms with van der Waals surface area (Å²) in [5.41, 5.74) is 0.559. The molecule has 0 amide bonds. The van der Waals surface area contributed by atoms with Crippen molar-refractivity contribution in [3.8, 4) is 0 Å². The maximum absolute atomic E-state index is 4.62. The summed E-state index contributed by atoms with van der Waals surface area (Å²) in [7, 11) is 0. The van der Waals surface area contributed by atoms with E-state index in [2.05, 4.69) is 33.4 Å². The Kier molecular flexibility index (Phi) is 2.90. The maximum Gasteiger partial charge on any atom is 0.00473 e. The Bertz CT molecular complexity index is 111. The van der Waals surface area contributed by atoms with Crippen LogP contribution in [0, 0.1) is 11.3 Å². The van der Waals surface area contributed by atoms with Gasteiger partial charge in [-0.15, -0.1) is 0 Å². The van der Waals surface area contributed by atoms with Crippen molar-refractivity contribution < 1.29 is 0 Å². The van der Waals surface area contributed by atoms with E-state index in [0.29, 0.717) is 10.7 Å². The lowest BCUT2D eigenvalue weighted by Crippen LogP contribution is -2.32. The Morgan fingerprint density at radius 2 is 1.55 bits per heavy atom. The largest absolute Gasteiger partial charge is 0.176 e. The van der Waals surface area contributed by atoms with Crippen LogP contribution in [0.3, 0.4) is 0 Å². The normalized spacial score (nSPS) is 25.9. The molecule has 1 saturated carbocycles. The molecule has 1 fully saturated rings. The summed E-state index contributed by atoms with van der Waals surface area (Å²) in [6, 6.07) is 0. The highest BCUT2D eigenvalue weighted by atomic mass is 32.1. The van der Waals surface area contributed by atoms with Gasteiger partial charge < -0.3 is 0 Å². The summed E-state index contributed by atoms with van der Waals surface area (Å²) < 4.78 is 0. The van der Waals surface area contributed by atoms with Crippen LogP contribution in [0.4, 0.5) is 0 Å². The molecule has 11 heavy (non-hydrogen) atoms. The van der Waals surface area contributed by atoms with Gasteiger partial charge in [0.2, 0.25) is 0 Å². The van der Waals surface area contributed by atoms with Gasteiger partial charge in [-0.2, -0.15) is 12.6 Å². The molecule has 0 aromatic heterocycles. The fourth-order valence-electron chi connectivity index (χ4n) is 2.51. The Morgan fingerprint density at radius 1 is 1.09 bits per heavy atom. The Labute approximate surface area is 76.2 Å². The van der Waals surface area contributed by atoms with Crippen LogP contribution in [0.2, 0.25) is 0 Å². The van der Waals surface area contributed by atoms with Gasteiger partial charge in [-0.05, 0) is 24.2 Å². The van der Waals surface area contributed by atoms with Crippen molar-refractivity contribution in [2.75, 3.05) is 0 Å². The third-order valence-electron chi connectivity index (χ3n) is 3.52. The van der Waals surface area contributed by atoms with E-state index in [4.69, 9.17) is 0 Å². The first-order chi connectivity index (χ1) is 5.09. The van der Waals surface area contributed by atoms with E-state index in [1.165, 1.54) is 25.7 Å². The molecule has 1 atom stereocenters. The predicted octanol–water partition coefficient (Wildman–Crippen LogP) is 3.52. The summed E-state index contributed by atoms with van der Waals surface area (Å²) in [4.78, 5) is 0. The zero-order valence-electron chi connectivity index (χ0n) is 7.93. The average Bonchev–Trinajstić information content (AvgIpc) is 2.34. The zero-order chi connectivity index (χ0) is 8.48. The standard InChI is InChI=1S/C10H20S/c1-8(2)10(9(3)11)6-4-5-7-10/h8-9,11H,4-7H2,1-3H3. The second-order valence-corrected chi connectivity index (χ2v) is 5.05. The van der Waals surface area contributed by atoms with Crippen LogP contribution in [-0.2, 0) is 0 Å². The Hall–Kier alpha value is 0.350. The van der Waals surface area contributed by atoms with Crippen LogP contribution < -0.4 is 0 Å². The Morgan fingerprint density at radius 3 is 1.73 bits per heavy atom. The molecule has 66 valence electrons. The second kappa shape index (κ2) is 3.38. The van der Waals surface area contributed by atoms with E-state index in [0.717, 1.165) is 5.92 Å². The van der Waals surface area contributed by atoms with Gasteiger partial charge in [0.25, 0.3) is 0 Å². The SMILES string of the molecule is CC(C)C1(C(C)S)CCCC1. The second-order valence-electron chi connectivity index (χ2n) is 4.27. The van der Waals surface area contributed by atoms with Crippen LogP contribution in [0.15, 0.2) is 0 Å². The lowest BCUT2D eigenvalue weighted by atomic mass is 9.73. The first kappa shape index (κ1) is 9.44. The monoisotopic (exact) mass is 172 g/mol. The molecule has 1 aliphatic carbocycles. The lowest BCUT2D eigenvalue weighted by Gasteiger charge is -2.37. The van der Waals surface area contributed by atoms with Gasteiger partial charge in [-0.25, -0.2) is 0 Å². The van der Waals surface area contributed by atoms with Gasteiger partial charge in [-0.1, -0.05) is 33.6 Å². The molecule has 1 aliphatic rings. The van der Waals surface area contributed by atoms with Crippen molar-refractivity contribution in [1.29, 1.82) is 0 Å². The lowest BCUT2D eigenvalue weighted by molar-refractivity contribution is 0.198. The minimum atomic E-state index is 0.559. The Balaban J connectivity index is 2.70. The van der Waals surface area contributed by atoms with Gasteiger partial charge in [0.15, 0.2) is 0 Å². The topological polar surface area (TPSA) is 0 Å². The first-order valence-corrected chi connectivity index (χ1v) is 5.29. The number of thiol groups is 1. The van der Waals surface area contributed by atoms with Gasteiger partial charge in [0.05, 0.1) is 0 Å². The van der Waals surface area contributed by atoms with Crippen molar-refractivity contribution >= 4 is 12.6 Å². The molecule has 0 heterocycles. The van der Waals surface area contributed by atoms with E-state index < -0.39 is 0 Å². The highest BCUT2D eigenvalue weighted by molar-refractivity contribution is 7.81. The van der Waals surface area contributed by atoms with Crippen molar-refractivity contribution in [3.05, 3.63) is 0 Å². The van der Waals surface area contributed by atoms with Crippen LogP contribution in [0.25, 0.3) is 0 Å². The van der Waals surface area contributed by atoms with Crippen molar-refractivity contribution in [1.82, 2.24) is 0 Å². The van der Waals surface area contributed by atoms with E-state index in [-0.39, 0.29) is 0 Å². The molecule has 0 spiro atoms. The molecule has 0 saturated heterocycles. The molecule has 0 radical (unpaired) electrons. The molecule has 0 N–H and O–H groups in total. The van der Waals surface area contributed by atoms with E-state index >= 15 is 0 Å². The molecular formula is C10H20S. The fourth-order valence-corrected chi connectivity index (χ4v) is 3.07. The van der Waals surface area contributed by atoms with Gasteiger partial charge >= 0.3 is 0 Å². The van der Waals surface area contributed by atoms with Crippen LogP contribution in [-0.4, -0.2) is 5.25 Å². The number of hydrogen-bond donors (Lipinski definition) is 1. The summed E-state index contributed by atoms with van der Waals surface area (Å²) in [5.74, 6) is 0.803. The van der Waals surface area contributed by atoms with E-state index in [9.17, 15) is 0 Å². The zero-order valence-corrected chi connectivity index (χ0v) is 8.82. The third-order valence-corrected chi connectivity index (χ3v) is 4.03. The smallest absolute Gasteiger partial charge is 0.00473 e. The maximum atomic E-state index is 4.62. The van der Waals surface area contributed by atoms with Crippen LogP contribution >= 0.6 is 12.6 Å². The molecule has 0 aromatic carbocycles. The van der Waals surface area contributed by atoms with Crippen molar-refractivity contribution in [3.63, 3.8) is 0 Å². The molecule has 1 rings (SSSR count). The highest BCUT2D eigenvalue weighted by Gasteiger charge is 2.39. The molecule has 0 bridgehead atoms. The highest BCUT2D eigenvalue weighted by Crippen LogP contribution is 2.48. The van der Waals surface area contributed by atoms with Gasteiger partial charge in [0, 0.05) is 5.25 Å². The molecule has 0 nitrogen and oxygen atoms in total. The minimum absolute atomic E-state index is 0.559. The molecular weight excluding hydrogens is 152 g/mol. The third kappa shape index (κ3) is 1.58. The van der Waals surface area contributed by atoms with Crippen molar-refractivity contribution in [2.45, 2.75) is 51.7 Å². The summed E-state index contributed by atoms with van der Waals surface area (Å²) >= 11 is 4.62. The first-order valence-electron chi connectivity index (χ1n) is 4.77. The quantitative estimate of drug-likeness (QED) is 0.605. The molecule has 0 aliphatic heterocycles. The van der Waals surface area contributed by atoms with Gasteiger partial charge in [-0.3, -0.25) is 0 Å². The number of rotatable bonds is 2. The molecule has 0 aromatic rings. The van der Waals surface area contributed by atoms with Gasteiger partial charge in [0.1, 0.15) is 0 Å². The van der Waals surface area contributed by atoms with E-state index in [1.807, 2.05) is 0 Å². The summed E-state index contributed by atoms with van der Waals surface area (Å²) in [6.45, 7) is 6.95. The summed E-state index contributed by atoms with van der Waals surface area (Å²) in [5, 5.41) is 0.574. The fraction of sp³-hybridized carbons (Fsp3) is 1.00. The van der Waals surface area contributed by atoms with Crippen LogP contribution in [0.5, 0.6) is 0 Å². The van der Waals surface area contributed by atoms with Crippen LogP contribution in [0.1, 0.15) is 46.5 Å². The predicted molar refractivity (Wildman–Crippen MR) is 54.2 cm³/mol. The van der Waals surface area contributed by atoms with Crippen molar-refractivity contribution in [2.24, 2.45) is 11.3 Å². The number of hydrogen-bond acceptors (Lipinski definition) is 1. The minimum Gasteiger partial charge on any atom is -0.176 e. The molecule has 1 heteroatoms. The summed E-state index contributed by atoms with van der Waals surface area (Å²) in [6.07, 6.45) is 5.64. The molecule has 1 unspecified atom stereocenters. The average molecular weight is 172 g/mol.